The molecule has 0 radical (unpaired) electrons. The molecule has 0 aliphatic carbocycles. The molecule has 0 rings (SSSR count). The monoisotopic (exact) mass is 332 g/mol. The lowest BCUT2D eigenvalue weighted by atomic mass is 10.1. The van der Waals surface area contributed by atoms with Crippen LogP contribution in [0.25, 0.3) is 0 Å². The Hall–Kier alpha value is 1.74. The molecule has 0 unspecified atom stereocenters. The summed E-state index contributed by atoms with van der Waals surface area (Å²) in [6.45, 7) is 0. The van der Waals surface area contributed by atoms with Crippen molar-refractivity contribution in [3.8, 4) is 0 Å². The highest BCUT2D eigenvalue weighted by Gasteiger charge is 2.23. The van der Waals surface area contributed by atoms with Gasteiger partial charge in [0, 0.05) is 23.1 Å². The smallest absolute Gasteiger partial charge is 0.125 e. The van der Waals surface area contributed by atoms with Crippen molar-refractivity contribution in [2.75, 3.05) is 5.88 Å². The first-order chi connectivity index (χ1) is 6.85. The van der Waals surface area contributed by atoms with Crippen molar-refractivity contribution in [2.24, 2.45) is 0 Å². The van der Waals surface area contributed by atoms with E-state index in [1.807, 2.05) is 0 Å². The van der Waals surface area contributed by atoms with Gasteiger partial charge in [0.25, 0.3) is 0 Å². The lowest BCUT2D eigenvalue weighted by Crippen LogP contribution is -2.11. The van der Waals surface area contributed by atoms with Crippen LogP contribution in [0, 0.1) is 0 Å². The van der Waals surface area contributed by atoms with Crippen molar-refractivity contribution in [1.29, 1.82) is 0 Å². The molecule has 6 heteroatoms. The zero-order valence-electron chi connectivity index (χ0n) is 8.17. The summed E-state index contributed by atoms with van der Waals surface area (Å²) in [6.07, 6.45) is 4.10. The summed E-state index contributed by atoms with van der Waals surface area (Å²) in [7, 11) is 0. The van der Waals surface area contributed by atoms with Gasteiger partial charge in [-0.3, -0.25) is 0 Å². The molecule has 0 aliphatic rings. The molecule has 0 amide bonds. The van der Waals surface area contributed by atoms with E-state index < -0.39 is 3.79 Å². The number of hydrogen-bond donors (Lipinski definition) is 0. The van der Waals surface area contributed by atoms with Gasteiger partial charge in [0.2, 0.25) is 0 Å². The maximum Gasteiger partial charge on any atom is 0.192 e. The first kappa shape index (κ1) is 16.7. The third kappa shape index (κ3) is 12.0. The van der Waals surface area contributed by atoms with E-state index in [-0.39, 0.29) is 10.8 Å². The Kier molecular flexibility index (Phi) is 9.79. The zero-order valence-corrected chi connectivity index (χ0v) is 12.7. The molecule has 0 bridgehead atoms. The second kappa shape index (κ2) is 8.78. The Labute approximate surface area is 121 Å². The van der Waals surface area contributed by atoms with Crippen LogP contribution in [-0.4, -0.2) is 20.4 Å². The molecule has 0 aromatic heterocycles. The van der Waals surface area contributed by atoms with Crippen LogP contribution in [0.5, 0.6) is 0 Å². The Bertz CT molecular complexity index is 155. The summed E-state index contributed by atoms with van der Waals surface area (Å²) in [6, 6.07) is 0. The Morgan fingerprint density at radius 3 is 1.73 bits per heavy atom. The van der Waals surface area contributed by atoms with Gasteiger partial charge in [-0.15, -0.1) is 34.8 Å². The van der Waals surface area contributed by atoms with Crippen LogP contribution in [0.15, 0.2) is 0 Å². The van der Waals surface area contributed by atoms with Gasteiger partial charge in [0.05, 0.1) is 0 Å². The number of rotatable bonds is 7. The van der Waals surface area contributed by atoms with Crippen molar-refractivity contribution in [1.82, 2.24) is 0 Å². The predicted molar refractivity (Wildman–Crippen MR) is 73.4 cm³/mol. The molecule has 0 nitrogen and oxygen atoms in total. The van der Waals surface area contributed by atoms with E-state index in [1.165, 1.54) is 0 Å². The molecule has 92 valence electrons. The molecule has 2 atom stereocenters. The average molecular weight is 335 g/mol. The van der Waals surface area contributed by atoms with E-state index in [0.29, 0.717) is 12.3 Å². The van der Waals surface area contributed by atoms with Gasteiger partial charge >= 0.3 is 0 Å². The van der Waals surface area contributed by atoms with Gasteiger partial charge in [-0.2, -0.15) is 0 Å². The number of unbranched alkanes of at least 4 members (excludes halogenated alkanes) is 1. The van der Waals surface area contributed by atoms with Crippen LogP contribution >= 0.6 is 69.6 Å². The van der Waals surface area contributed by atoms with Gasteiger partial charge in [0.15, 0.2) is 3.79 Å². The van der Waals surface area contributed by atoms with Crippen molar-refractivity contribution in [2.45, 2.75) is 46.7 Å². The second-order valence-corrected chi connectivity index (χ2v) is 7.51. The predicted octanol–water partition coefficient (Wildman–Crippen LogP) is 5.76. The van der Waals surface area contributed by atoms with Crippen LogP contribution in [0.4, 0.5) is 0 Å². The van der Waals surface area contributed by atoms with Gasteiger partial charge in [-0.25, -0.2) is 0 Å². The summed E-state index contributed by atoms with van der Waals surface area (Å²) in [5, 5.41) is -0.0455. The molecular formula is C9H14Cl6. The van der Waals surface area contributed by atoms with Gasteiger partial charge < -0.3 is 0 Å². The fourth-order valence-electron chi connectivity index (χ4n) is 1.16. The molecule has 0 N–H and O–H groups in total. The van der Waals surface area contributed by atoms with Crippen molar-refractivity contribution < 1.29 is 0 Å². The highest BCUT2D eigenvalue weighted by molar-refractivity contribution is 6.67. The van der Waals surface area contributed by atoms with Crippen LogP contribution in [-0.2, 0) is 0 Å². The Morgan fingerprint density at radius 2 is 1.33 bits per heavy atom. The lowest BCUT2D eigenvalue weighted by Gasteiger charge is -2.15. The van der Waals surface area contributed by atoms with Gasteiger partial charge in [-0.1, -0.05) is 47.6 Å². The van der Waals surface area contributed by atoms with E-state index >= 15 is 0 Å². The third-order valence-electron chi connectivity index (χ3n) is 1.91. The standard InChI is InChI=1S/C9H14Cl6/c10-6-8(12)4-2-1-3-7(11)5-9(13,14)15/h7-8H,1-6H2/t7-,8+/m1/s1. The highest BCUT2D eigenvalue weighted by Crippen LogP contribution is 2.34. The first-order valence-electron chi connectivity index (χ1n) is 4.76. The Balaban J connectivity index is 3.43. The summed E-state index contributed by atoms with van der Waals surface area (Å²) in [5.74, 6) is 0.486. The van der Waals surface area contributed by atoms with Crippen molar-refractivity contribution >= 4 is 69.6 Å². The number of hydrogen-bond acceptors (Lipinski definition) is 0. The Morgan fingerprint density at radius 1 is 0.867 bits per heavy atom. The maximum absolute atomic E-state index is 6.00. The third-order valence-corrected chi connectivity index (χ3v) is 3.64. The molecule has 15 heavy (non-hydrogen) atoms. The minimum atomic E-state index is -1.25. The van der Waals surface area contributed by atoms with E-state index in [9.17, 15) is 0 Å². The maximum atomic E-state index is 6.00. The van der Waals surface area contributed by atoms with Crippen molar-refractivity contribution in [3.63, 3.8) is 0 Å². The quantitative estimate of drug-likeness (QED) is 0.410. The second-order valence-electron chi connectivity index (χ2n) is 3.45. The van der Waals surface area contributed by atoms with Gasteiger partial charge in [0.1, 0.15) is 0 Å². The van der Waals surface area contributed by atoms with Crippen LogP contribution in [0.2, 0.25) is 0 Å². The normalized spacial score (nSPS) is 16.4. The molecule has 0 aromatic carbocycles. The number of alkyl halides is 6. The highest BCUT2D eigenvalue weighted by atomic mass is 35.6. The first-order valence-corrected chi connectivity index (χ1v) is 7.30. The fourth-order valence-corrected chi connectivity index (χ4v) is 2.65. The molecule has 0 spiro atoms. The molecule has 0 saturated heterocycles. The zero-order chi connectivity index (χ0) is 11.9. The largest absolute Gasteiger partial charge is 0.192 e. The molecule has 0 aromatic rings. The molecule has 0 fully saturated rings. The summed E-state index contributed by atoms with van der Waals surface area (Å²) < 4.78 is -1.25. The van der Waals surface area contributed by atoms with E-state index in [1.54, 1.807) is 0 Å². The molecular weight excluding hydrogens is 321 g/mol. The van der Waals surface area contributed by atoms with E-state index in [2.05, 4.69) is 0 Å². The summed E-state index contributed by atoms with van der Waals surface area (Å²) in [4.78, 5) is 0. The molecule has 0 saturated carbocycles. The van der Waals surface area contributed by atoms with Crippen LogP contribution in [0.1, 0.15) is 32.1 Å². The van der Waals surface area contributed by atoms with E-state index in [4.69, 9.17) is 69.6 Å². The average Bonchev–Trinajstić information content (AvgIpc) is 2.09. The number of halogens is 6. The van der Waals surface area contributed by atoms with Crippen LogP contribution in [0.3, 0.4) is 0 Å². The minimum absolute atomic E-state index is 0.0496. The topological polar surface area (TPSA) is 0 Å². The fraction of sp³-hybridized carbons (Fsp3) is 1.00. The molecule has 0 heterocycles. The van der Waals surface area contributed by atoms with E-state index in [0.717, 1.165) is 25.7 Å². The van der Waals surface area contributed by atoms with Gasteiger partial charge in [-0.05, 0) is 12.8 Å². The lowest BCUT2D eigenvalue weighted by molar-refractivity contribution is 0.601. The SMILES string of the molecule is ClC[C@@H](Cl)CCCC[C@@H](Cl)CC(Cl)(Cl)Cl. The summed E-state index contributed by atoms with van der Waals surface area (Å²) in [5.41, 5.74) is 0. The summed E-state index contributed by atoms with van der Waals surface area (Å²) >= 11 is 34.3. The molecule has 0 aliphatic heterocycles. The minimum Gasteiger partial charge on any atom is -0.125 e. The van der Waals surface area contributed by atoms with Crippen LogP contribution < -0.4 is 0 Å². The van der Waals surface area contributed by atoms with Crippen molar-refractivity contribution in [3.05, 3.63) is 0 Å².